The van der Waals surface area contributed by atoms with Crippen LogP contribution in [0.15, 0.2) is 18.2 Å². The van der Waals surface area contributed by atoms with Gasteiger partial charge in [0.25, 0.3) is 0 Å². The number of benzene rings is 1. The number of hydrogen-bond acceptors (Lipinski definition) is 1. The minimum atomic E-state index is 0.515. The average Bonchev–Trinajstić information content (AvgIpc) is 2.61. The van der Waals surface area contributed by atoms with Crippen molar-refractivity contribution in [2.24, 2.45) is 0 Å². The first-order valence-corrected chi connectivity index (χ1v) is 10.7. The molecule has 1 aromatic rings. The zero-order valence-corrected chi connectivity index (χ0v) is 17.1. The quantitative estimate of drug-likeness (QED) is 0.592. The Balaban J connectivity index is 1.70. The van der Waals surface area contributed by atoms with Crippen molar-refractivity contribution in [1.29, 1.82) is 0 Å². The van der Waals surface area contributed by atoms with E-state index in [1.54, 1.807) is 0 Å². The lowest BCUT2D eigenvalue weighted by molar-refractivity contribution is -0.905. The topological polar surface area (TPSA) is 13.7 Å². The summed E-state index contributed by atoms with van der Waals surface area (Å²) in [5.41, 5.74) is 2.72. The molecular weight excluding hydrogens is 306 g/mol. The summed E-state index contributed by atoms with van der Waals surface area (Å²) in [6.45, 7) is 14.1. The summed E-state index contributed by atoms with van der Waals surface area (Å²) >= 11 is 0. The first-order valence-electron chi connectivity index (χ1n) is 10.7. The molecule has 1 saturated heterocycles. The molecular formula is C23H40NO+. The van der Waals surface area contributed by atoms with Crippen LogP contribution in [0.2, 0.25) is 0 Å². The fraction of sp³-hybridized carbons (Fsp3) is 0.739. The third kappa shape index (κ3) is 6.66. The van der Waals surface area contributed by atoms with Gasteiger partial charge in [0.15, 0.2) is 0 Å². The summed E-state index contributed by atoms with van der Waals surface area (Å²) < 4.78 is 6.28. The maximum atomic E-state index is 6.28. The molecule has 0 unspecified atom stereocenters. The highest BCUT2D eigenvalue weighted by Crippen LogP contribution is 2.34. The molecule has 1 aromatic carbocycles. The third-order valence-corrected chi connectivity index (χ3v) is 5.55. The molecule has 1 N–H and O–H groups in total. The van der Waals surface area contributed by atoms with Crippen molar-refractivity contribution in [2.75, 3.05) is 26.2 Å². The lowest BCUT2D eigenvalue weighted by atomic mass is 9.94. The van der Waals surface area contributed by atoms with Crippen LogP contribution in [0.3, 0.4) is 0 Å². The van der Waals surface area contributed by atoms with Crippen molar-refractivity contribution in [3.8, 4) is 5.75 Å². The molecule has 0 spiro atoms. The lowest BCUT2D eigenvalue weighted by Crippen LogP contribution is -3.12. The normalized spacial score (nSPS) is 15.9. The van der Waals surface area contributed by atoms with Gasteiger partial charge in [0.1, 0.15) is 5.75 Å². The van der Waals surface area contributed by atoms with Crippen LogP contribution in [-0.2, 0) is 0 Å². The van der Waals surface area contributed by atoms with Crippen LogP contribution in [-0.4, -0.2) is 26.2 Å². The zero-order chi connectivity index (χ0) is 18.1. The maximum Gasteiger partial charge on any atom is 0.126 e. The Morgan fingerprint density at radius 3 is 2.04 bits per heavy atom. The van der Waals surface area contributed by atoms with E-state index in [2.05, 4.69) is 45.9 Å². The number of nitrogens with one attached hydrogen (secondary N) is 1. The van der Waals surface area contributed by atoms with Crippen LogP contribution < -0.4 is 9.64 Å². The predicted molar refractivity (Wildman–Crippen MR) is 108 cm³/mol. The molecule has 1 fully saturated rings. The SMILES string of the molecule is CC(C)c1cccc(C(C)C)c1OCCCCCC[NH+]1CCCCC1. The fourth-order valence-corrected chi connectivity index (χ4v) is 3.96. The maximum absolute atomic E-state index is 6.28. The molecule has 142 valence electrons. The van der Waals surface area contributed by atoms with Crippen molar-refractivity contribution in [2.45, 2.75) is 84.5 Å². The number of para-hydroxylation sites is 1. The summed E-state index contributed by atoms with van der Waals surface area (Å²) in [6.07, 6.45) is 9.56. The van der Waals surface area contributed by atoms with E-state index in [0.717, 1.165) is 12.4 Å². The average molecular weight is 347 g/mol. The van der Waals surface area contributed by atoms with Crippen LogP contribution in [0.1, 0.15) is 95.6 Å². The molecule has 0 bridgehead atoms. The largest absolute Gasteiger partial charge is 0.493 e. The van der Waals surface area contributed by atoms with Crippen LogP contribution in [0.5, 0.6) is 5.75 Å². The Labute approximate surface area is 156 Å². The molecule has 1 heterocycles. The summed E-state index contributed by atoms with van der Waals surface area (Å²) in [7, 11) is 0. The van der Waals surface area contributed by atoms with Crippen LogP contribution in [0.25, 0.3) is 0 Å². The Bertz CT molecular complexity index is 463. The fourth-order valence-electron chi connectivity index (χ4n) is 3.96. The van der Waals surface area contributed by atoms with Crippen LogP contribution in [0, 0.1) is 0 Å². The number of piperidine rings is 1. The van der Waals surface area contributed by atoms with Crippen LogP contribution in [0.4, 0.5) is 0 Å². The van der Waals surface area contributed by atoms with Gasteiger partial charge in [-0.15, -0.1) is 0 Å². The number of unbranched alkanes of at least 4 members (excludes halogenated alkanes) is 3. The molecule has 2 heteroatoms. The molecule has 2 nitrogen and oxygen atoms in total. The number of rotatable bonds is 10. The molecule has 0 radical (unpaired) electrons. The van der Waals surface area contributed by atoms with Gasteiger partial charge in [-0.05, 0) is 67.9 Å². The van der Waals surface area contributed by atoms with Gasteiger partial charge in [-0.25, -0.2) is 0 Å². The monoisotopic (exact) mass is 346 g/mol. The van der Waals surface area contributed by atoms with Gasteiger partial charge >= 0.3 is 0 Å². The van der Waals surface area contributed by atoms with Crippen molar-refractivity contribution in [1.82, 2.24) is 0 Å². The van der Waals surface area contributed by atoms with Gasteiger partial charge in [-0.3, -0.25) is 0 Å². The third-order valence-electron chi connectivity index (χ3n) is 5.55. The number of likely N-dealkylation sites (tertiary alicyclic amines) is 1. The Kier molecular flexibility index (Phi) is 8.81. The van der Waals surface area contributed by atoms with E-state index in [4.69, 9.17) is 4.74 Å². The van der Waals surface area contributed by atoms with Crippen molar-refractivity contribution in [3.05, 3.63) is 29.3 Å². The van der Waals surface area contributed by atoms with E-state index in [-0.39, 0.29) is 0 Å². The molecule has 0 amide bonds. The van der Waals surface area contributed by atoms with E-state index in [1.165, 1.54) is 75.7 Å². The Morgan fingerprint density at radius 1 is 0.840 bits per heavy atom. The predicted octanol–water partition coefficient (Wildman–Crippen LogP) is 4.94. The highest BCUT2D eigenvalue weighted by molar-refractivity contribution is 5.44. The van der Waals surface area contributed by atoms with Gasteiger partial charge in [0.05, 0.1) is 26.2 Å². The summed E-state index contributed by atoms with van der Waals surface area (Å²) in [4.78, 5) is 1.84. The van der Waals surface area contributed by atoms with Crippen molar-refractivity contribution >= 4 is 0 Å². The summed E-state index contributed by atoms with van der Waals surface area (Å²) in [5, 5.41) is 0. The standard InChI is InChI=1S/C23H39NO/c1-19(2)21-13-12-14-22(20(3)4)23(21)25-18-11-6-5-8-15-24-16-9-7-10-17-24/h12-14,19-20H,5-11,15-18H2,1-4H3/p+1. The van der Waals surface area contributed by atoms with Crippen molar-refractivity contribution < 1.29 is 9.64 Å². The molecule has 1 aliphatic rings. The smallest absolute Gasteiger partial charge is 0.126 e. The summed E-state index contributed by atoms with van der Waals surface area (Å²) in [5.74, 6) is 2.19. The van der Waals surface area contributed by atoms with Gasteiger partial charge in [-0.1, -0.05) is 45.9 Å². The van der Waals surface area contributed by atoms with E-state index < -0.39 is 0 Å². The van der Waals surface area contributed by atoms with Crippen LogP contribution >= 0.6 is 0 Å². The second-order valence-electron chi connectivity index (χ2n) is 8.40. The highest BCUT2D eigenvalue weighted by Gasteiger charge is 2.15. The lowest BCUT2D eigenvalue weighted by Gasteiger charge is -2.23. The second-order valence-corrected chi connectivity index (χ2v) is 8.40. The van der Waals surface area contributed by atoms with Crippen molar-refractivity contribution in [3.63, 3.8) is 0 Å². The first-order chi connectivity index (χ1) is 12.1. The number of hydrogen-bond donors (Lipinski definition) is 1. The number of ether oxygens (including phenoxy) is 1. The molecule has 0 aromatic heterocycles. The van der Waals surface area contributed by atoms with Gasteiger partial charge in [-0.2, -0.15) is 0 Å². The molecule has 0 atom stereocenters. The number of quaternary nitrogens is 1. The second kappa shape index (κ2) is 10.9. The summed E-state index contributed by atoms with van der Waals surface area (Å²) in [6, 6.07) is 6.64. The van der Waals surface area contributed by atoms with E-state index in [9.17, 15) is 0 Å². The minimum Gasteiger partial charge on any atom is -0.493 e. The van der Waals surface area contributed by atoms with Gasteiger partial charge in [0.2, 0.25) is 0 Å². The molecule has 0 aliphatic carbocycles. The molecule has 25 heavy (non-hydrogen) atoms. The van der Waals surface area contributed by atoms with E-state index >= 15 is 0 Å². The molecule has 2 rings (SSSR count). The minimum absolute atomic E-state index is 0.515. The van der Waals surface area contributed by atoms with Gasteiger partial charge < -0.3 is 9.64 Å². The Morgan fingerprint density at radius 2 is 1.44 bits per heavy atom. The zero-order valence-electron chi connectivity index (χ0n) is 17.1. The van der Waals surface area contributed by atoms with Gasteiger partial charge in [0, 0.05) is 0 Å². The molecule has 0 saturated carbocycles. The van der Waals surface area contributed by atoms with E-state index in [0.29, 0.717) is 11.8 Å². The van der Waals surface area contributed by atoms with E-state index in [1.807, 2.05) is 4.90 Å². The first kappa shape index (κ1) is 20.3. The highest BCUT2D eigenvalue weighted by atomic mass is 16.5. The molecule has 1 aliphatic heterocycles. The Hall–Kier alpha value is -1.02.